The normalized spacial score (nSPS) is 10.7. The van der Waals surface area contributed by atoms with Crippen LogP contribution < -0.4 is 0 Å². The van der Waals surface area contributed by atoms with Crippen LogP contribution in [-0.2, 0) is 0 Å². The van der Waals surface area contributed by atoms with E-state index in [1.54, 1.807) is 0 Å². The summed E-state index contributed by atoms with van der Waals surface area (Å²) in [6.45, 7) is 0. The van der Waals surface area contributed by atoms with E-state index >= 15 is 0 Å². The van der Waals surface area contributed by atoms with E-state index in [9.17, 15) is 79.0 Å². The Kier molecular flexibility index (Phi) is 11.0. The predicted molar refractivity (Wildman–Crippen MR) is 114 cm³/mol. The first-order chi connectivity index (χ1) is 20.4. The lowest BCUT2D eigenvalue weighted by molar-refractivity contribution is 0.379. The minimum Gasteiger partial charge on any atom is -0.458 e. The minimum atomic E-state index is -2.53. The van der Waals surface area contributed by atoms with Crippen molar-refractivity contribution in [2.45, 2.75) is 0 Å². The summed E-state index contributed by atoms with van der Waals surface area (Å²) in [5.74, 6) is -43.0. The largest absolute Gasteiger partial charge is 0.458 e. The monoisotopic (exact) mass is 662 g/mol. The molecule has 0 saturated heterocycles. The fourth-order valence-electron chi connectivity index (χ4n) is 3.19. The van der Waals surface area contributed by atoms with Crippen LogP contribution in [-0.4, -0.2) is 13.1 Å². The van der Waals surface area contributed by atoms with Crippen LogP contribution in [0.5, 0.6) is 0 Å². The topological polar surface area (TPSA) is 20.2 Å². The van der Waals surface area contributed by atoms with Crippen LogP contribution in [0.3, 0.4) is 0 Å². The summed E-state index contributed by atoms with van der Waals surface area (Å²) < 4.78 is 235. The number of halogens is 18. The first-order valence-corrected chi connectivity index (χ1v) is 10.5. The van der Waals surface area contributed by atoms with Gasteiger partial charge in [-0.05, 0) is 12.1 Å². The van der Waals surface area contributed by atoms with Crippen LogP contribution >= 0.6 is 0 Å². The molecule has 4 rings (SSSR count). The van der Waals surface area contributed by atoms with E-state index in [4.69, 9.17) is 5.02 Å². The Morgan fingerprint density at radius 3 is 0.682 bits per heavy atom. The second-order valence-electron chi connectivity index (χ2n) is 7.59. The highest BCUT2D eigenvalue weighted by molar-refractivity contribution is 5.95. The zero-order chi connectivity index (χ0) is 34.1. The average molecular weight is 662 g/mol. The highest BCUT2D eigenvalue weighted by Crippen LogP contribution is 2.36. The van der Waals surface area contributed by atoms with Gasteiger partial charge in [0, 0.05) is 11.1 Å². The summed E-state index contributed by atoms with van der Waals surface area (Å²) in [5.41, 5.74) is -7.08. The molecule has 0 bridgehead atoms. The van der Waals surface area contributed by atoms with Crippen LogP contribution in [0.15, 0.2) is 12.1 Å². The van der Waals surface area contributed by atoms with E-state index < -0.39 is 127 Å². The van der Waals surface area contributed by atoms with Gasteiger partial charge >= 0.3 is 0 Å². The standard InChI is InChI=1S/2C12HF9.BH3O/c2*13-3-1-2(5(14)9(18)6(3)15)4-7(16)10(19)12(21)11(20)8(4)17;1-2/h2*1H;2H,1H2. The molecule has 0 aliphatic rings. The SMILES string of the molecule is BO.Fc1cc(-c2c(F)c(F)c(F)c(F)c2F)c(F)c(F)c1F.Fc1cc(-c2c(F)c(F)c(F)c(F)c2F)c(F)c(F)c1F. The second kappa shape index (κ2) is 13.5. The van der Waals surface area contributed by atoms with Crippen LogP contribution in [0.1, 0.15) is 0 Å². The van der Waals surface area contributed by atoms with E-state index in [-0.39, 0.29) is 12.1 Å². The van der Waals surface area contributed by atoms with Crippen molar-refractivity contribution in [1.82, 2.24) is 0 Å². The smallest absolute Gasteiger partial charge is 0.252 e. The summed E-state index contributed by atoms with van der Waals surface area (Å²) in [6, 6.07) is -0.432. The summed E-state index contributed by atoms with van der Waals surface area (Å²) in [6.07, 6.45) is 0. The molecule has 0 radical (unpaired) electrons. The zero-order valence-electron chi connectivity index (χ0n) is 20.4. The van der Waals surface area contributed by atoms with Gasteiger partial charge in [0.15, 0.2) is 93.1 Å². The minimum absolute atomic E-state index is 0.216. The van der Waals surface area contributed by atoms with Crippen molar-refractivity contribution in [3.8, 4) is 22.3 Å². The summed E-state index contributed by atoms with van der Waals surface area (Å²) in [4.78, 5) is 0. The highest BCUT2D eigenvalue weighted by Gasteiger charge is 2.32. The summed E-state index contributed by atoms with van der Waals surface area (Å²) >= 11 is 0. The molecule has 0 aliphatic carbocycles. The molecule has 0 heterocycles. The number of rotatable bonds is 2. The maximum absolute atomic E-state index is 13.4. The van der Waals surface area contributed by atoms with E-state index in [1.807, 2.05) is 0 Å². The van der Waals surface area contributed by atoms with Gasteiger partial charge in [-0.2, -0.15) is 0 Å². The highest BCUT2D eigenvalue weighted by atomic mass is 19.2. The van der Waals surface area contributed by atoms with Gasteiger partial charge in [0.2, 0.25) is 11.6 Å². The van der Waals surface area contributed by atoms with Crippen molar-refractivity contribution in [3.05, 3.63) is 117 Å². The molecule has 0 unspecified atom stereocenters. The second-order valence-corrected chi connectivity index (χ2v) is 7.59. The molecule has 0 saturated carbocycles. The van der Waals surface area contributed by atoms with Gasteiger partial charge in [0.05, 0.1) is 11.1 Å². The van der Waals surface area contributed by atoms with Crippen LogP contribution in [0.4, 0.5) is 79.0 Å². The molecule has 0 aliphatic heterocycles. The molecule has 0 aromatic heterocycles. The van der Waals surface area contributed by atoms with Crippen molar-refractivity contribution in [2.24, 2.45) is 0 Å². The molecule has 0 fully saturated rings. The van der Waals surface area contributed by atoms with Crippen molar-refractivity contribution in [1.29, 1.82) is 0 Å². The van der Waals surface area contributed by atoms with Crippen molar-refractivity contribution in [2.75, 3.05) is 0 Å². The van der Waals surface area contributed by atoms with Gasteiger partial charge in [-0.3, -0.25) is 0 Å². The number of benzene rings is 4. The van der Waals surface area contributed by atoms with Gasteiger partial charge in [0.1, 0.15) is 0 Å². The number of hydrogen-bond donors (Lipinski definition) is 1. The third kappa shape index (κ3) is 6.02. The molecule has 1 N–H and O–H groups in total. The van der Waals surface area contributed by atoms with E-state index in [0.29, 0.717) is 0 Å². The first-order valence-electron chi connectivity index (χ1n) is 10.5. The fraction of sp³-hybridized carbons (Fsp3) is 0. The Morgan fingerprint density at radius 1 is 0.273 bits per heavy atom. The van der Waals surface area contributed by atoms with E-state index in [1.165, 1.54) is 0 Å². The van der Waals surface area contributed by atoms with Gasteiger partial charge in [-0.15, -0.1) is 0 Å². The van der Waals surface area contributed by atoms with Crippen LogP contribution in [0, 0.1) is 105 Å². The quantitative estimate of drug-likeness (QED) is 0.101. The maximum atomic E-state index is 13.4. The molecule has 0 amide bonds. The first kappa shape index (κ1) is 35.8. The third-order valence-electron chi connectivity index (χ3n) is 5.16. The molecule has 1 nitrogen and oxygen atoms in total. The lowest BCUT2D eigenvalue weighted by Crippen LogP contribution is -2.07. The molecule has 236 valence electrons. The van der Waals surface area contributed by atoms with Crippen molar-refractivity contribution in [3.63, 3.8) is 0 Å². The molecule has 4 aromatic carbocycles. The lowest BCUT2D eigenvalue weighted by atomic mass is 10.0. The zero-order valence-corrected chi connectivity index (χ0v) is 20.4. The summed E-state index contributed by atoms with van der Waals surface area (Å²) in [5, 5.41) is 7.00. The molecule has 20 heteroatoms. The Bertz CT molecular complexity index is 1590. The third-order valence-corrected chi connectivity index (χ3v) is 5.16. The average Bonchev–Trinajstić information content (AvgIpc) is 3.01. The van der Waals surface area contributed by atoms with Gasteiger partial charge in [0.25, 0.3) is 8.05 Å². The molecule has 44 heavy (non-hydrogen) atoms. The van der Waals surface area contributed by atoms with Gasteiger partial charge in [-0.1, -0.05) is 0 Å². The predicted octanol–water partition coefficient (Wildman–Crippen LogP) is 7.74. The molecular formula is C24H5BF18O. The Balaban J connectivity index is 0.000000291. The van der Waals surface area contributed by atoms with E-state index in [0.717, 1.165) is 8.05 Å². The van der Waals surface area contributed by atoms with Crippen LogP contribution in [0.2, 0.25) is 0 Å². The van der Waals surface area contributed by atoms with Gasteiger partial charge in [-0.25, -0.2) is 79.0 Å². The Labute approximate surface area is 232 Å². The molecule has 0 atom stereocenters. The summed E-state index contributed by atoms with van der Waals surface area (Å²) in [7, 11) is 1.00. The van der Waals surface area contributed by atoms with Crippen molar-refractivity contribution >= 4 is 8.05 Å². The Hall–Kier alpha value is -4.36. The van der Waals surface area contributed by atoms with Gasteiger partial charge < -0.3 is 5.02 Å². The lowest BCUT2D eigenvalue weighted by Gasteiger charge is -2.10. The molecule has 4 aromatic rings. The Morgan fingerprint density at radius 2 is 0.455 bits per heavy atom. The van der Waals surface area contributed by atoms with Crippen LogP contribution in [0.25, 0.3) is 22.3 Å². The molecular weight excluding hydrogens is 657 g/mol. The van der Waals surface area contributed by atoms with E-state index in [2.05, 4.69) is 0 Å². The fourth-order valence-corrected chi connectivity index (χ4v) is 3.19. The maximum Gasteiger partial charge on any atom is 0.252 e. The van der Waals surface area contributed by atoms with Crippen molar-refractivity contribution < 1.29 is 84.1 Å². The number of hydrogen-bond acceptors (Lipinski definition) is 1. The molecule has 0 spiro atoms.